The summed E-state index contributed by atoms with van der Waals surface area (Å²) in [6, 6.07) is 11.5. The van der Waals surface area contributed by atoms with E-state index in [1.165, 1.54) is 12.4 Å². The highest BCUT2D eigenvalue weighted by molar-refractivity contribution is 8.18. The quantitative estimate of drug-likeness (QED) is 0.485. The minimum Gasteiger partial charge on any atom is -0.366 e. The highest BCUT2D eigenvalue weighted by Crippen LogP contribution is 2.33. The molecule has 0 aliphatic carbocycles. The lowest BCUT2D eigenvalue weighted by molar-refractivity contribution is -0.115. The largest absolute Gasteiger partial charge is 0.366 e. The lowest BCUT2D eigenvalue weighted by Crippen LogP contribution is -2.57. The maximum absolute atomic E-state index is 15.5. The molecular weight excluding hydrogens is 477 g/mol. The Morgan fingerprint density at radius 3 is 2.56 bits per heavy atom. The van der Waals surface area contributed by atoms with Gasteiger partial charge in [0.15, 0.2) is 0 Å². The SMILES string of the molecule is CCCN1[C@H](C)CN(c2ccc(-c3ncnc4ccc(/C=C5\SC(=O)NC5=O)cc34)cc2F)C[C@@H]1C. The molecule has 186 valence electrons. The molecule has 1 N–H and O–H groups in total. The van der Waals surface area contributed by atoms with Crippen LogP contribution < -0.4 is 10.2 Å². The molecule has 2 amide bonds. The van der Waals surface area contributed by atoms with Crippen molar-refractivity contribution in [1.29, 1.82) is 0 Å². The molecule has 2 aromatic carbocycles. The summed E-state index contributed by atoms with van der Waals surface area (Å²) in [4.78, 5) is 37.2. The molecule has 2 aliphatic heterocycles. The number of aromatic nitrogens is 2. The number of imide groups is 1. The number of carbonyl (C=O) groups is 2. The van der Waals surface area contributed by atoms with E-state index in [4.69, 9.17) is 0 Å². The van der Waals surface area contributed by atoms with Gasteiger partial charge in [-0.2, -0.15) is 0 Å². The van der Waals surface area contributed by atoms with Crippen LogP contribution in [0.4, 0.5) is 14.9 Å². The molecule has 0 radical (unpaired) electrons. The fourth-order valence-corrected chi connectivity index (χ4v) is 5.81. The Labute approximate surface area is 213 Å². The van der Waals surface area contributed by atoms with Crippen LogP contribution >= 0.6 is 11.8 Å². The molecule has 3 heterocycles. The first-order valence-corrected chi connectivity index (χ1v) is 13.0. The number of hydrogen-bond donors (Lipinski definition) is 1. The second kappa shape index (κ2) is 9.99. The molecule has 1 aromatic heterocycles. The van der Waals surface area contributed by atoms with Crippen molar-refractivity contribution in [3.63, 3.8) is 0 Å². The van der Waals surface area contributed by atoms with E-state index in [0.717, 1.165) is 48.8 Å². The van der Waals surface area contributed by atoms with Gasteiger partial charge in [0.25, 0.3) is 11.1 Å². The number of fused-ring (bicyclic) bond motifs is 1. The van der Waals surface area contributed by atoms with Crippen LogP contribution in [0.3, 0.4) is 0 Å². The van der Waals surface area contributed by atoms with Gasteiger partial charge in [0.2, 0.25) is 0 Å². The summed E-state index contributed by atoms with van der Waals surface area (Å²) in [5.41, 5.74) is 3.31. The van der Waals surface area contributed by atoms with Gasteiger partial charge >= 0.3 is 0 Å². The first kappa shape index (κ1) is 24.4. The van der Waals surface area contributed by atoms with E-state index in [2.05, 4.69) is 45.9 Å². The van der Waals surface area contributed by atoms with E-state index in [9.17, 15) is 9.59 Å². The second-order valence-electron chi connectivity index (χ2n) is 9.36. The number of rotatable bonds is 5. The highest BCUT2D eigenvalue weighted by Gasteiger charge is 2.30. The predicted octanol–water partition coefficient (Wildman–Crippen LogP) is 5.07. The number of hydrogen-bond acceptors (Lipinski definition) is 7. The molecule has 2 fully saturated rings. The number of nitrogens with one attached hydrogen (secondary N) is 1. The molecule has 2 atom stereocenters. The summed E-state index contributed by atoms with van der Waals surface area (Å²) in [7, 11) is 0. The van der Waals surface area contributed by atoms with Crippen molar-refractivity contribution in [2.45, 2.75) is 39.3 Å². The molecule has 5 rings (SSSR count). The molecule has 9 heteroatoms. The third-order valence-electron chi connectivity index (χ3n) is 6.74. The summed E-state index contributed by atoms with van der Waals surface area (Å²) in [5.74, 6) is -0.690. The van der Waals surface area contributed by atoms with Crippen molar-refractivity contribution in [2.75, 3.05) is 24.5 Å². The molecule has 3 aromatic rings. The number of amides is 2. The Balaban J connectivity index is 1.46. The molecule has 0 unspecified atom stereocenters. The maximum Gasteiger partial charge on any atom is 0.290 e. The number of thioether (sulfide) groups is 1. The number of benzene rings is 2. The Morgan fingerprint density at radius 2 is 1.89 bits per heavy atom. The third kappa shape index (κ3) is 4.73. The monoisotopic (exact) mass is 505 g/mol. The topological polar surface area (TPSA) is 78.4 Å². The van der Waals surface area contributed by atoms with E-state index < -0.39 is 5.91 Å². The summed E-state index contributed by atoms with van der Waals surface area (Å²) < 4.78 is 15.5. The van der Waals surface area contributed by atoms with Gasteiger partial charge in [-0.15, -0.1) is 0 Å². The lowest BCUT2D eigenvalue weighted by atomic mass is 10.0. The molecule has 7 nitrogen and oxygen atoms in total. The Morgan fingerprint density at radius 1 is 1.11 bits per heavy atom. The van der Waals surface area contributed by atoms with Crippen LogP contribution in [0.1, 0.15) is 32.8 Å². The number of carbonyl (C=O) groups excluding carboxylic acids is 2. The Kier molecular flexibility index (Phi) is 6.77. The van der Waals surface area contributed by atoms with Crippen LogP contribution in [0.25, 0.3) is 28.2 Å². The fourth-order valence-electron chi connectivity index (χ4n) is 5.13. The van der Waals surface area contributed by atoms with Crippen molar-refractivity contribution in [1.82, 2.24) is 20.2 Å². The van der Waals surface area contributed by atoms with Gasteiger partial charge in [0.1, 0.15) is 12.1 Å². The van der Waals surface area contributed by atoms with Crippen molar-refractivity contribution < 1.29 is 14.0 Å². The molecule has 36 heavy (non-hydrogen) atoms. The summed E-state index contributed by atoms with van der Waals surface area (Å²) in [5, 5.41) is 2.61. The second-order valence-corrected chi connectivity index (χ2v) is 10.4. The molecular formula is C27H28FN5O2S. The van der Waals surface area contributed by atoms with Gasteiger partial charge in [0.05, 0.1) is 21.8 Å². The van der Waals surface area contributed by atoms with Gasteiger partial charge in [0, 0.05) is 36.1 Å². The highest BCUT2D eigenvalue weighted by atomic mass is 32.2. The number of anilines is 1. The Hall–Kier alpha value is -3.30. The average Bonchev–Trinajstić information content (AvgIpc) is 3.17. The molecule has 0 spiro atoms. The number of halogens is 1. The standard InChI is InChI=1S/C27H28FN5O2S/c1-4-9-33-16(2)13-32(14-17(33)3)23-8-6-19(12-21(23)28)25-20-10-18(5-7-22(20)29-15-30-25)11-24-26(34)31-27(35)36-24/h5-8,10-12,15-17H,4,9,13-14H2,1-3H3,(H,31,34,35)/b24-11-/t16-,17+. The zero-order chi connectivity index (χ0) is 25.4. The van der Waals surface area contributed by atoms with Crippen molar-refractivity contribution in [3.8, 4) is 11.3 Å². The zero-order valence-electron chi connectivity index (χ0n) is 20.5. The molecule has 2 aliphatic rings. The van der Waals surface area contributed by atoms with E-state index in [0.29, 0.717) is 39.5 Å². The average molecular weight is 506 g/mol. The number of nitrogens with zero attached hydrogens (tertiary/aromatic N) is 4. The summed E-state index contributed by atoms with van der Waals surface area (Å²) in [6.07, 6.45) is 4.23. The zero-order valence-corrected chi connectivity index (χ0v) is 21.3. The summed E-state index contributed by atoms with van der Waals surface area (Å²) >= 11 is 0.867. The van der Waals surface area contributed by atoms with Crippen LogP contribution in [0.5, 0.6) is 0 Å². The van der Waals surface area contributed by atoms with Crippen LogP contribution in [-0.2, 0) is 4.79 Å². The van der Waals surface area contributed by atoms with Crippen LogP contribution in [-0.4, -0.2) is 57.7 Å². The van der Waals surface area contributed by atoms with Gasteiger partial charge in [-0.05, 0) is 74.5 Å². The first-order chi connectivity index (χ1) is 17.3. The smallest absolute Gasteiger partial charge is 0.290 e. The molecule has 2 saturated heterocycles. The Bertz CT molecular complexity index is 1370. The van der Waals surface area contributed by atoms with E-state index in [-0.39, 0.29) is 11.1 Å². The van der Waals surface area contributed by atoms with Crippen molar-refractivity contribution in [2.24, 2.45) is 0 Å². The fraction of sp³-hybridized carbons (Fsp3) is 0.333. The van der Waals surface area contributed by atoms with Gasteiger partial charge in [-0.25, -0.2) is 14.4 Å². The van der Waals surface area contributed by atoms with Crippen molar-refractivity contribution >= 4 is 45.6 Å². The molecule has 0 bridgehead atoms. The van der Waals surface area contributed by atoms with Crippen molar-refractivity contribution in [3.05, 3.63) is 59.0 Å². The maximum atomic E-state index is 15.5. The minimum atomic E-state index is -0.411. The van der Waals surface area contributed by atoms with E-state index in [1.807, 2.05) is 30.3 Å². The number of piperazine rings is 1. The van der Waals surface area contributed by atoms with Crippen LogP contribution in [0.2, 0.25) is 0 Å². The predicted molar refractivity (Wildman–Crippen MR) is 142 cm³/mol. The van der Waals surface area contributed by atoms with Crippen LogP contribution in [0.15, 0.2) is 47.6 Å². The van der Waals surface area contributed by atoms with Gasteiger partial charge in [-0.1, -0.05) is 19.1 Å². The lowest BCUT2D eigenvalue weighted by Gasteiger charge is -2.45. The normalized spacial score (nSPS) is 22.0. The summed E-state index contributed by atoms with van der Waals surface area (Å²) in [6.45, 7) is 9.21. The van der Waals surface area contributed by atoms with Gasteiger partial charge < -0.3 is 4.90 Å². The molecule has 0 saturated carbocycles. The van der Waals surface area contributed by atoms with Gasteiger partial charge in [-0.3, -0.25) is 19.8 Å². The van der Waals surface area contributed by atoms with Crippen LogP contribution in [0, 0.1) is 5.82 Å². The third-order valence-corrected chi connectivity index (χ3v) is 7.55. The van der Waals surface area contributed by atoms with E-state index >= 15 is 4.39 Å². The van der Waals surface area contributed by atoms with E-state index in [1.54, 1.807) is 6.08 Å². The first-order valence-electron chi connectivity index (χ1n) is 12.1. The minimum absolute atomic E-state index is 0.279.